The van der Waals surface area contributed by atoms with Gasteiger partial charge in [0.25, 0.3) is 5.89 Å². The molecule has 0 amide bonds. The summed E-state index contributed by atoms with van der Waals surface area (Å²) in [4.78, 5) is 8.40. The number of benzene rings is 1. The standard InChI is InChI=1S/C18H19N5O3S/c1-13-5-7-14(8-6-13)27(24,25)23-11-3-2-4-16(23)18-22-21-17(26-18)15-12-19-9-10-20-15/h5-10,12,16H,2-4,11H2,1H3/t16-/m1/s1. The molecule has 0 unspecified atom stereocenters. The number of nitrogens with zero attached hydrogens (tertiary/aromatic N) is 5. The molecule has 0 spiro atoms. The van der Waals surface area contributed by atoms with E-state index in [4.69, 9.17) is 4.42 Å². The molecule has 4 rings (SSSR count). The van der Waals surface area contributed by atoms with Gasteiger partial charge in [0, 0.05) is 18.9 Å². The second-order valence-electron chi connectivity index (χ2n) is 6.48. The van der Waals surface area contributed by atoms with Gasteiger partial charge in [-0.2, -0.15) is 4.31 Å². The van der Waals surface area contributed by atoms with E-state index >= 15 is 0 Å². The Morgan fingerprint density at radius 2 is 1.93 bits per heavy atom. The van der Waals surface area contributed by atoms with E-state index in [1.54, 1.807) is 30.5 Å². The van der Waals surface area contributed by atoms with Crippen LogP contribution in [0.3, 0.4) is 0 Å². The maximum absolute atomic E-state index is 13.2. The van der Waals surface area contributed by atoms with Gasteiger partial charge in [0.05, 0.1) is 11.1 Å². The minimum Gasteiger partial charge on any atom is -0.417 e. The average molecular weight is 385 g/mol. The van der Waals surface area contributed by atoms with Crippen molar-refractivity contribution in [2.24, 2.45) is 0 Å². The maximum Gasteiger partial charge on any atom is 0.267 e. The highest BCUT2D eigenvalue weighted by Crippen LogP contribution is 2.35. The van der Waals surface area contributed by atoms with Gasteiger partial charge in [0.15, 0.2) is 0 Å². The van der Waals surface area contributed by atoms with Crippen molar-refractivity contribution < 1.29 is 12.8 Å². The van der Waals surface area contributed by atoms with E-state index in [2.05, 4.69) is 20.2 Å². The summed E-state index contributed by atoms with van der Waals surface area (Å²) in [5.74, 6) is 0.516. The van der Waals surface area contributed by atoms with E-state index in [0.29, 0.717) is 18.7 Å². The van der Waals surface area contributed by atoms with E-state index < -0.39 is 16.1 Å². The monoisotopic (exact) mass is 385 g/mol. The molecule has 1 saturated heterocycles. The first-order valence-corrected chi connectivity index (χ1v) is 10.2. The van der Waals surface area contributed by atoms with Gasteiger partial charge < -0.3 is 4.42 Å². The van der Waals surface area contributed by atoms with Crippen molar-refractivity contribution in [1.29, 1.82) is 0 Å². The number of aromatic nitrogens is 4. The highest BCUT2D eigenvalue weighted by Gasteiger charge is 2.37. The third-order valence-corrected chi connectivity index (χ3v) is 6.51. The van der Waals surface area contributed by atoms with Gasteiger partial charge in [0.2, 0.25) is 15.9 Å². The first-order chi connectivity index (χ1) is 13.1. The Bertz CT molecular complexity index is 1020. The molecule has 2 aromatic heterocycles. The Morgan fingerprint density at radius 3 is 2.67 bits per heavy atom. The molecule has 0 N–H and O–H groups in total. The topological polar surface area (TPSA) is 102 Å². The first kappa shape index (κ1) is 17.7. The van der Waals surface area contributed by atoms with Crippen LogP contribution >= 0.6 is 0 Å². The Kier molecular flexibility index (Phi) is 4.71. The summed E-state index contributed by atoms with van der Waals surface area (Å²) in [7, 11) is -3.65. The minimum absolute atomic E-state index is 0.233. The fraction of sp³-hybridized carbons (Fsp3) is 0.333. The lowest BCUT2D eigenvalue weighted by Crippen LogP contribution is -2.38. The lowest BCUT2D eigenvalue weighted by atomic mass is 10.1. The highest BCUT2D eigenvalue weighted by molar-refractivity contribution is 7.89. The van der Waals surface area contributed by atoms with Crippen LogP contribution in [0.1, 0.15) is 36.8 Å². The smallest absolute Gasteiger partial charge is 0.267 e. The quantitative estimate of drug-likeness (QED) is 0.680. The van der Waals surface area contributed by atoms with Crippen molar-refractivity contribution in [1.82, 2.24) is 24.5 Å². The summed E-state index contributed by atoms with van der Waals surface area (Å²) in [5, 5.41) is 8.12. The van der Waals surface area contributed by atoms with Crippen LogP contribution in [0.25, 0.3) is 11.6 Å². The molecule has 27 heavy (non-hydrogen) atoms. The molecule has 0 bridgehead atoms. The van der Waals surface area contributed by atoms with Crippen LogP contribution in [0, 0.1) is 6.92 Å². The molecule has 3 aromatic rings. The van der Waals surface area contributed by atoms with E-state index in [0.717, 1.165) is 18.4 Å². The minimum atomic E-state index is -3.65. The Morgan fingerprint density at radius 1 is 1.11 bits per heavy atom. The maximum atomic E-state index is 13.2. The van der Waals surface area contributed by atoms with Gasteiger partial charge in [-0.05, 0) is 31.9 Å². The molecule has 1 aliphatic rings. The van der Waals surface area contributed by atoms with Crippen molar-refractivity contribution in [2.75, 3.05) is 6.54 Å². The van der Waals surface area contributed by atoms with E-state index in [1.807, 2.05) is 6.92 Å². The number of sulfonamides is 1. The third kappa shape index (κ3) is 3.47. The molecule has 0 aliphatic carbocycles. The number of rotatable bonds is 4. The molecule has 0 radical (unpaired) electrons. The van der Waals surface area contributed by atoms with Crippen molar-refractivity contribution in [3.63, 3.8) is 0 Å². The third-order valence-electron chi connectivity index (χ3n) is 4.59. The van der Waals surface area contributed by atoms with Gasteiger partial charge in [-0.1, -0.05) is 24.1 Å². The summed E-state index contributed by atoms with van der Waals surface area (Å²) in [6.45, 7) is 2.34. The Labute approximate surface area is 157 Å². The molecule has 0 saturated carbocycles. The molecular weight excluding hydrogens is 366 g/mol. The molecule has 1 atom stereocenters. The van der Waals surface area contributed by atoms with Crippen molar-refractivity contribution in [2.45, 2.75) is 37.1 Å². The summed E-state index contributed by atoms with van der Waals surface area (Å²) in [6.07, 6.45) is 6.94. The SMILES string of the molecule is Cc1ccc(S(=O)(=O)N2CCCC[C@@H]2c2nnc(-c3cnccn3)o2)cc1. The van der Waals surface area contributed by atoms with E-state index in [9.17, 15) is 8.42 Å². The van der Waals surface area contributed by atoms with Crippen LogP contribution in [-0.2, 0) is 10.0 Å². The van der Waals surface area contributed by atoms with E-state index in [1.165, 1.54) is 16.7 Å². The first-order valence-electron chi connectivity index (χ1n) is 8.74. The molecule has 1 aromatic carbocycles. The fourth-order valence-electron chi connectivity index (χ4n) is 3.17. The number of hydrogen-bond donors (Lipinski definition) is 0. The van der Waals surface area contributed by atoms with Crippen molar-refractivity contribution in [3.05, 3.63) is 54.3 Å². The average Bonchev–Trinajstić information content (AvgIpc) is 3.19. The van der Waals surface area contributed by atoms with Crippen LogP contribution in [-0.4, -0.2) is 39.4 Å². The van der Waals surface area contributed by atoms with Gasteiger partial charge in [-0.15, -0.1) is 10.2 Å². The van der Waals surface area contributed by atoms with Gasteiger partial charge in [-0.25, -0.2) is 13.4 Å². The predicted octanol–water partition coefficient (Wildman–Crippen LogP) is 2.75. The zero-order chi connectivity index (χ0) is 18.9. The summed E-state index contributed by atoms with van der Waals surface area (Å²) in [5.41, 5.74) is 1.47. The molecule has 1 fully saturated rings. The lowest BCUT2D eigenvalue weighted by Gasteiger charge is -2.32. The molecule has 140 valence electrons. The molecular formula is C18H19N5O3S. The Hall–Kier alpha value is -2.65. The van der Waals surface area contributed by atoms with Gasteiger partial charge in [0.1, 0.15) is 11.7 Å². The summed E-state index contributed by atoms with van der Waals surface area (Å²) >= 11 is 0. The number of hydrogen-bond acceptors (Lipinski definition) is 7. The zero-order valence-electron chi connectivity index (χ0n) is 14.8. The van der Waals surface area contributed by atoms with Gasteiger partial charge >= 0.3 is 0 Å². The summed E-state index contributed by atoms with van der Waals surface area (Å²) in [6, 6.07) is 6.38. The van der Waals surface area contributed by atoms with Crippen LogP contribution in [0.2, 0.25) is 0 Å². The highest BCUT2D eigenvalue weighted by atomic mass is 32.2. The zero-order valence-corrected chi connectivity index (χ0v) is 15.6. The van der Waals surface area contributed by atoms with Crippen LogP contribution < -0.4 is 0 Å². The predicted molar refractivity (Wildman–Crippen MR) is 97.0 cm³/mol. The number of piperidine rings is 1. The van der Waals surface area contributed by atoms with Gasteiger partial charge in [-0.3, -0.25) is 4.98 Å². The lowest BCUT2D eigenvalue weighted by molar-refractivity contribution is 0.220. The van der Waals surface area contributed by atoms with E-state index in [-0.39, 0.29) is 16.7 Å². The number of aryl methyl sites for hydroxylation is 1. The normalized spacial score (nSPS) is 18.5. The fourth-order valence-corrected chi connectivity index (χ4v) is 4.82. The van der Waals surface area contributed by atoms with Crippen LogP contribution in [0.15, 0.2) is 52.2 Å². The van der Waals surface area contributed by atoms with Crippen molar-refractivity contribution in [3.8, 4) is 11.6 Å². The van der Waals surface area contributed by atoms with Crippen LogP contribution in [0.4, 0.5) is 0 Å². The molecule has 8 nitrogen and oxygen atoms in total. The second kappa shape index (κ2) is 7.16. The second-order valence-corrected chi connectivity index (χ2v) is 8.37. The molecule has 9 heteroatoms. The largest absolute Gasteiger partial charge is 0.417 e. The van der Waals surface area contributed by atoms with Crippen LogP contribution in [0.5, 0.6) is 0 Å². The molecule has 1 aliphatic heterocycles. The summed E-state index contributed by atoms with van der Waals surface area (Å²) < 4.78 is 33.6. The Balaban J connectivity index is 1.67. The van der Waals surface area contributed by atoms with Crippen molar-refractivity contribution >= 4 is 10.0 Å². The molecule has 3 heterocycles.